The Hall–Kier alpha value is -1.73. The zero-order valence-electron chi connectivity index (χ0n) is 14.8. The topological polar surface area (TPSA) is 47.9 Å². The van der Waals surface area contributed by atoms with Crippen LogP contribution in [0.5, 0.6) is 0 Å². The number of aryl methyl sites for hydroxylation is 1. The van der Waals surface area contributed by atoms with Gasteiger partial charge in [-0.1, -0.05) is 23.7 Å². The van der Waals surface area contributed by atoms with Gasteiger partial charge in [0.15, 0.2) is 0 Å². The third-order valence-corrected chi connectivity index (χ3v) is 5.48. The fourth-order valence-corrected chi connectivity index (χ4v) is 3.76. The molecule has 5 nitrogen and oxygen atoms in total. The molecule has 0 aliphatic carbocycles. The predicted octanol–water partition coefficient (Wildman–Crippen LogP) is 2.98. The maximum atomic E-state index is 12.0. The number of halogens is 1. The number of benzene rings is 1. The number of amides is 1. The molecule has 1 aliphatic heterocycles. The van der Waals surface area contributed by atoms with E-state index in [1.165, 1.54) is 10.4 Å². The van der Waals surface area contributed by atoms with Crippen LogP contribution in [-0.2, 0) is 11.3 Å². The van der Waals surface area contributed by atoms with Gasteiger partial charge in [0.1, 0.15) is 0 Å². The number of hydrogen-bond acceptors (Lipinski definition) is 5. The number of thiophene rings is 1. The van der Waals surface area contributed by atoms with Crippen LogP contribution in [0.2, 0.25) is 5.02 Å². The Bertz CT molecular complexity index is 751. The number of piperazine rings is 1. The highest BCUT2D eigenvalue weighted by atomic mass is 35.5. The van der Waals surface area contributed by atoms with E-state index in [1.807, 2.05) is 31.2 Å². The smallest absolute Gasteiger partial charge is 0.254 e. The van der Waals surface area contributed by atoms with Gasteiger partial charge in [-0.15, -0.1) is 11.3 Å². The number of carbonyl (C=O) groups excluding carboxylic acids is 1. The van der Waals surface area contributed by atoms with E-state index in [2.05, 4.69) is 32.5 Å². The van der Waals surface area contributed by atoms with Crippen molar-refractivity contribution < 1.29 is 4.79 Å². The minimum Gasteiger partial charge on any atom is -0.297 e. The summed E-state index contributed by atoms with van der Waals surface area (Å²) in [5, 5.41) is 4.80. The van der Waals surface area contributed by atoms with Gasteiger partial charge in [0.2, 0.25) is 0 Å². The number of hydrazone groups is 1. The maximum Gasteiger partial charge on any atom is 0.254 e. The first-order valence-electron chi connectivity index (χ1n) is 8.66. The molecule has 0 unspecified atom stereocenters. The van der Waals surface area contributed by atoms with Gasteiger partial charge in [0, 0.05) is 47.5 Å². The molecule has 2 aromatic rings. The monoisotopic (exact) mass is 390 g/mol. The highest BCUT2D eigenvalue weighted by molar-refractivity contribution is 7.13. The quantitative estimate of drug-likeness (QED) is 0.609. The molecule has 1 saturated heterocycles. The van der Waals surface area contributed by atoms with Crippen LogP contribution in [0.15, 0.2) is 41.5 Å². The van der Waals surface area contributed by atoms with Crippen LogP contribution in [0.3, 0.4) is 0 Å². The molecule has 1 N–H and O–H groups in total. The van der Waals surface area contributed by atoms with E-state index in [0.29, 0.717) is 6.54 Å². The average molecular weight is 391 g/mol. The molecule has 26 heavy (non-hydrogen) atoms. The van der Waals surface area contributed by atoms with Crippen molar-refractivity contribution in [2.45, 2.75) is 13.5 Å². The Morgan fingerprint density at radius 3 is 2.50 bits per heavy atom. The van der Waals surface area contributed by atoms with Crippen LogP contribution in [0.4, 0.5) is 0 Å². The first kappa shape index (κ1) is 19.0. The summed E-state index contributed by atoms with van der Waals surface area (Å²) in [7, 11) is 0. The van der Waals surface area contributed by atoms with Crippen LogP contribution in [0.1, 0.15) is 15.3 Å². The van der Waals surface area contributed by atoms with Crippen molar-refractivity contribution in [3.8, 4) is 0 Å². The second kappa shape index (κ2) is 9.28. The largest absolute Gasteiger partial charge is 0.297 e. The summed E-state index contributed by atoms with van der Waals surface area (Å²) in [5.41, 5.74) is 3.88. The van der Waals surface area contributed by atoms with E-state index in [9.17, 15) is 4.79 Å². The van der Waals surface area contributed by atoms with Crippen molar-refractivity contribution in [1.29, 1.82) is 0 Å². The summed E-state index contributed by atoms with van der Waals surface area (Å²) >= 11 is 7.58. The molecular formula is C19H23ClN4OS. The first-order chi connectivity index (χ1) is 12.6. The Balaban J connectivity index is 1.37. The Morgan fingerprint density at radius 1 is 1.15 bits per heavy atom. The molecule has 0 saturated carbocycles. The average Bonchev–Trinajstić information content (AvgIpc) is 3.04. The van der Waals surface area contributed by atoms with Crippen LogP contribution >= 0.6 is 22.9 Å². The van der Waals surface area contributed by atoms with Crippen LogP contribution < -0.4 is 5.43 Å². The number of carbonyl (C=O) groups is 1. The maximum absolute atomic E-state index is 12.0. The standard InChI is InChI=1S/C19H23ClN4OS/c1-15-2-7-18(26-15)12-21-22-19(25)14-24-10-8-23(9-11-24)13-16-3-5-17(20)6-4-16/h2-7,12H,8-11,13-14H2,1H3,(H,22,25)/b21-12-. The van der Waals surface area contributed by atoms with Crippen LogP contribution in [0, 0.1) is 6.92 Å². The Kier molecular flexibility index (Phi) is 6.80. The van der Waals surface area contributed by atoms with E-state index in [1.54, 1.807) is 17.6 Å². The molecule has 1 aromatic heterocycles. The molecule has 0 atom stereocenters. The summed E-state index contributed by atoms with van der Waals surface area (Å²) in [4.78, 5) is 18.9. The molecule has 0 bridgehead atoms. The van der Waals surface area contributed by atoms with E-state index in [-0.39, 0.29) is 5.91 Å². The van der Waals surface area contributed by atoms with Crippen molar-refractivity contribution in [3.05, 3.63) is 56.7 Å². The molecule has 0 radical (unpaired) electrons. The lowest BCUT2D eigenvalue weighted by Crippen LogP contribution is -2.48. The molecule has 7 heteroatoms. The van der Waals surface area contributed by atoms with Gasteiger partial charge in [0.25, 0.3) is 5.91 Å². The summed E-state index contributed by atoms with van der Waals surface area (Å²) in [6, 6.07) is 12.0. The molecule has 3 rings (SSSR count). The van der Waals surface area contributed by atoms with Gasteiger partial charge in [0.05, 0.1) is 12.8 Å². The van der Waals surface area contributed by atoms with Gasteiger partial charge in [-0.05, 0) is 36.8 Å². The highest BCUT2D eigenvalue weighted by Crippen LogP contribution is 2.13. The second-order valence-electron chi connectivity index (χ2n) is 6.42. The fraction of sp³-hybridized carbons (Fsp3) is 0.368. The van der Waals surface area contributed by atoms with Crippen molar-refractivity contribution >= 4 is 35.1 Å². The normalized spacial score (nSPS) is 16.2. The number of nitrogens with zero attached hydrogens (tertiary/aromatic N) is 3. The molecule has 1 amide bonds. The van der Waals surface area contributed by atoms with Crippen LogP contribution in [-0.4, -0.2) is 54.6 Å². The Labute approximate surface area is 163 Å². The number of hydrogen-bond donors (Lipinski definition) is 1. The van der Waals surface area contributed by atoms with Crippen molar-refractivity contribution in [2.24, 2.45) is 5.10 Å². The lowest BCUT2D eigenvalue weighted by Gasteiger charge is -2.34. The lowest BCUT2D eigenvalue weighted by molar-refractivity contribution is -0.122. The van der Waals surface area contributed by atoms with Crippen LogP contribution in [0.25, 0.3) is 0 Å². The Morgan fingerprint density at radius 2 is 1.85 bits per heavy atom. The zero-order valence-corrected chi connectivity index (χ0v) is 16.4. The van der Waals surface area contributed by atoms with Gasteiger partial charge in [-0.2, -0.15) is 5.10 Å². The molecule has 1 aliphatic rings. The third-order valence-electron chi connectivity index (χ3n) is 4.29. The van der Waals surface area contributed by atoms with Crippen molar-refractivity contribution in [2.75, 3.05) is 32.7 Å². The minimum absolute atomic E-state index is 0.0688. The highest BCUT2D eigenvalue weighted by Gasteiger charge is 2.18. The summed E-state index contributed by atoms with van der Waals surface area (Å²) in [6.07, 6.45) is 1.69. The molecule has 2 heterocycles. The van der Waals surface area contributed by atoms with Gasteiger partial charge in [-0.3, -0.25) is 14.6 Å². The first-order valence-corrected chi connectivity index (χ1v) is 9.85. The SMILES string of the molecule is Cc1ccc(/C=N\NC(=O)CN2CCN(Cc3ccc(Cl)cc3)CC2)s1. The molecule has 1 fully saturated rings. The fourth-order valence-electron chi connectivity index (χ4n) is 2.88. The second-order valence-corrected chi connectivity index (χ2v) is 8.18. The van der Waals surface area contributed by atoms with Gasteiger partial charge in [-0.25, -0.2) is 5.43 Å². The lowest BCUT2D eigenvalue weighted by atomic mass is 10.2. The minimum atomic E-state index is -0.0688. The number of nitrogens with one attached hydrogen (secondary N) is 1. The molecule has 1 aromatic carbocycles. The molecular weight excluding hydrogens is 368 g/mol. The molecule has 138 valence electrons. The zero-order chi connectivity index (χ0) is 18.4. The van der Waals surface area contributed by atoms with E-state index in [0.717, 1.165) is 42.6 Å². The molecule has 0 spiro atoms. The van der Waals surface area contributed by atoms with E-state index in [4.69, 9.17) is 11.6 Å². The van der Waals surface area contributed by atoms with Gasteiger partial charge >= 0.3 is 0 Å². The van der Waals surface area contributed by atoms with E-state index >= 15 is 0 Å². The summed E-state index contributed by atoms with van der Waals surface area (Å²) < 4.78 is 0. The summed E-state index contributed by atoms with van der Waals surface area (Å²) in [5.74, 6) is -0.0688. The number of rotatable bonds is 6. The van der Waals surface area contributed by atoms with E-state index < -0.39 is 0 Å². The predicted molar refractivity (Wildman–Crippen MR) is 108 cm³/mol. The van der Waals surface area contributed by atoms with Crippen molar-refractivity contribution in [1.82, 2.24) is 15.2 Å². The summed E-state index contributed by atoms with van der Waals surface area (Å²) in [6.45, 7) is 7.02. The third kappa shape index (κ3) is 5.92. The van der Waals surface area contributed by atoms with Crippen molar-refractivity contribution in [3.63, 3.8) is 0 Å². The van der Waals surface area contributed by atoms with Gasteiger partial charge < -0.3 is 0 Å².